The summed E-state index contributed by atoms with van der Waals surface area (Å²) in [5.74, 6) is 0.806. The van der Waals surface area contributed by atoms with Crippen LogP contribution in [0.3, 0.4) is 0 Å². The summed E-state index contributed by atoms with van der Waals surface area (Å²) in [4.78, 5) is 10.5. The highest BCUT2D eigenvalue weighted by Crippen LogP contribution is 2.25. The molecule has 0 saturated carbocycles. The van der Waals surface area contributed by atoms with E-state index in [0.717, 1.165) is 30.4 Å². The first kappa shape index (κ1) is 13.6. The van der Waals surface area contributed by atoms with E-state index in [1.807, 2.05) is 30.3 Å². The van der Waals surface area contributed by atoms with Gasteiger partial charge in [0.25, 0.3) is 0 Å². The van der Waals surface area contributed by atoms with Crippen molar-refractivity contribution in [1.29, 1.82) is 5.26 Å². The Balaban J connectivity index is 1.73. The number of hydrogen-bond donors (Lipinski definition) is 0. The number of nitriles is 1. The van der Waals surface area contributed by atoms with Crippen molar-refractivity contribution in [3.05, 3.63) is 59.0 Å². The van der Waals surface area contributed by atoms with E-state index in [1.165, 1.54) is 17.3 Å². The Labute approximate surface area is 128 Å². The van der Waals surface area contributed by atoms with Crippen LogP contribution in [0.4, 0.5) is 5.82 Å². The zero-order chi connectivity index (χ0) is 14.7. The summed E-state index contributed by atoms with van der Waals surface area (Å²) in [7, 11) is 0. The maximum absolute atomic E-state index is 8.73. The van der Waals surface area contributed by atoms with Crippen molar-refractivity contribution in [3.8, 4) is 6.07 Å². The van der Waals surface area contributed by atoms with E-state index in [0.29, 0.717) is 5.69 Å². The molecule has 0 amide bonds. The smallest absolute Gasteiger partial charge is 0.158 e. The van der Waals surface area contributed by atoms with Crippen LogP contribution in [0.5, 0.6) is 0 Å². The summed E-state index contributed by atoms with van der Waals surface area (Å²) in [6, 6.07) is 9.90. The number of hydrogen-bond acceptors (Lipinski definition) is 4. The highest BCUT2D eigenvalue weighted by atomic mass is 35.5. The van der Waals surface area contributed by atoms with Gasteiger partial charge in [-0.25, -0.2) is 9.97 Å². The number of benzene rings is 1. The molecule has 2 aromatic rings. The van der Waals surface area contributed by atoms with Crippen LogP contribution in [0.2, 0.25) is 5.02 Å². The molecule has 0 atom stereocenters. The summed E-state index contributed by atoms with van der Waals surface area (Å²) in [5, 5.41) is 9.49. The lowest BCUT2D eigenvalue weighted by molar-refractivity contribution is 0.811. The molecule has 0 saturated heterocycles. The molecular weight excluding hydrogens is 284 g/mol. The van der Waals surface area contributed by atoms with Crippen molar-refractivity contribution in [2.75, 3.05) is 18.0 Å². The predicted molar refractivity (Wildman–Crippen MR) is 83.0 cm³/mol. The molecule has 0 aliphatic carbocycles. The van der Waals surface area contributed by atoms with Gasteiger partial charge in [-0.15, -0.1) is 0 Å². The first-order chi connectivity index (χ1) is 10.3. The van der Waals surface area contributed by atoms with Crippen molar-refractivity contribution in [3.63, 3.8) is 0 Å². The number of anilines is 1. The molecule has 0 bridgehead atoms. The van der Waals surface area contributed by atoms with Crippen molar-refractivity contribution in [1.82, 2.24) is 9.97 Å². The Kier molecular flexibility index (Phi) is 3.85. The van der Waals surface area contributed by atoms with Gasteiger partial charge in [-0.3, -0.25) is 0 Å². The summed E-state index contributed by atoms with van der Waals surface area (Å²) in [6.45, 7) is 1.67. The summed E-state index contributed by atoms with van der Waals surface area (Å²) < 4.78 is 0. The average Bonchev–Trinajstić information content (AvgIpc) is 2.56. The molecule has 5 heteroatoms. The topological polar surface area (TPSA) is 52.8 Å². The van der Waals surface area contributed by atoms with E-state index in [9.17, 15) is 0 Å². The van der Waals surface area contributed by atoms with Gasteiger partial charge < -0.3 is 4.90 Å². The molecule has 0 unspecified atom stereocenters. The maximum atomic E-state index is 8.73. The van der Waals surface area contributed by atoms with Gasteiger partial charge in [-0.2, -0.15) is 5.26 Å². The van der Waals surface area contributed by atoms with Gasteiger partial charge in [0.1, 0.15) is 11.9 Å². The molecule has 2 heterocycles. The molecule has 1 aromatic heterocycles. The van der Waals surface area contributed by atoms with Crippen molar-refractivity contribution >= 4 is 23.0 Å². The van der Waals surface area contributed by atoms with E-state index in [1.54, 1.807) is 6.20 Å². The van der Waals surface area contributed by atoms with Crippen LogP contribution in [0.25, 0.3) is 5.57 Å². The monoisotopic (exact) mass is 296 g/mol. The third-order valence-corrected chi connectivity index (χ3v) is 3.75. The SMILES string of the molecule is N#Cc1cnc(N2CC=C(c3ccc(Cl)cc3)CC2)cn1. The molecule has 0 radical (unpaired) electrons. The van der Waals surface area contributed by atoms with Crippen LogP contribution in [0.1, 0.15) is 17.7 Å². The van der Waals surface area contributed by atoms with Gasteiger partial charge >= 0.3 is 0 Å². The average molecular weight is 297 g/mol. The minimum atomic E-state index is 0.341. The molecule has 1 aliphatic heterocycles. The van der Waals surface area contributed by atoms with Gasteiger partial charge in [0.2, 0.25) is 0 Å². The fraction of sp³-hybridized carbons (Fsp3) is 0.188. The Morgan fingerprint density at radius 2 is 1.95 bits per heavy atom. The number of nitrogens with zero attached hydrogens (tertiary/aromatic N) is 4. The van der Waals surface area contributed by atoms with Crippen LogP contribution >= 0.6 is 11.6 Å². The molecule has 0 N–H and O–H groups in total. The van der Waals surface area contributed by atoms with Crippen molar-refractivity contribution in [2.45, 2.75) is 6.42 Å². The zero-order valence-corrected chi connectivity index (χ0v) is 12.1. The largest absolute Gasteiger partial charge is 0.351 e. The van der Waals surface area contributed by atoms with E-state index in [2.05, 4.69) is 20.9 Å². The van der Waals surface area contributed by atoms with Crippen molar-refractivity contribution < 1.29 is 0 Å². The second kappa shape index (κ2) is 5.94. The van der Waals surface area contributed by atoms with Crippen molar-refractivity contribution in [2.24, 2.45) is 0 Å². The van der Waals surface area contributed by atoms with Gasteiger partial charge in [0.15, 0.2) is 5.69 Å². The maximum Gasteiger partial charge on any atom is 0.158 e. The van der Waals surface area contributed by atoms with E-state index >= 15 is 0 Å². The fourth-order valence-electron chi connectivity index (χ4n) is 2.35. The third-order valence-electron chi connectivity index (χ3n) is 3.50. The third kappa shape index (κ3) is 3.04. The first-order valence-electron chi connectivity index (χ1n) is 6.68. The van der Waals surface area contributed by atoms with Crippen LogP contribution in [0.15, 0.2) is 42.7 Å². The molecular formula is C16H13ClN4. The molecule has 1 aromatic carbocycles. The lowest BCUT2D eigenvalue weighted by atomic mass is 10.00. The minimum Gasteiger partial charge on any atom is -0.351 e. The molecule has 4 nitrogen and oxygen atoms in total. The molecule has 21 heavy (non-hydrogen) atoms. The lowest BCUT2D eigenvalue weighted by Gasteiger charge is -2.27. The minimum absolute atomic E-state index is 0.341. The zero-order valence-electron chi connectivity index (χ0n) is 11.3. The standard InChI is InChI=1S/C16H13ClN4/c17-14-3-1-12(2-4-14)13-5-7-21(8-6-13)16-11-19-15(9-18)10-20-16/h1-5,10-11H,6-8H2. The van der Waals surface area contributed by atoms with Gasteiger partial charge in [-0.05, 0) is 29.7 Å². The van der Waals surface area contributed by atoms with Gasteiger partial charge in [0, 0.05) is 18.1 Å². The Bertz CT molecular complexity index is 699. The Morgan fingerprint density at radius 1 is 1.14 bits per heavy atom. The quantitative estimate of drug-likeness (QED) is 0.853. The van der Waals surface area contributed by atoms with Crippen LogP contribution in [-0.2, 0) is 0 Å². The van der Waals surface area contributed by atoms with E-state index in [-0.39, 0.29) is 0 Å². The van der Waals surface area contributed by atoms with Crippen LogP contribution in [-0.4, -0.2) is 23.1 Å². The number of halogens is 1. The summed E-state index contributed by atoms with van der Waals surface area (Å²) in [5.41, 5.74) is 2.88. The highest BCUT2D eigenvalue weighted by molar-refractivity contribution is 6.30. The first-order valence-corrected chi connectivity index (χ1v) is 7.06. The lowest BCUT2D eigenvalue weighted by Crippen LogP contribution is -2.29. The van der Waals surface area contributed by atoms with E-state index < -0.39 is 0 Å². The van der Waals surface area contributed by atoms with Crippen LogP contribution < -0.4 is 4.90 Å². The Hall–Kier alpha value is -2.38. The number of aromatic nitrogens is 2. The molecule has 0 spiro atoms. The van der Waals surface area contributed by atoms with Crippen LogP contribution in [0, 0.1) is 11.3 Å². The molecule has 0 fully saturated rings. The predicted octanol–water partition coefficient (Wildman–Crippen LogP) is 3.30. The summed E-state index contributed by atoms with van der Waals surface area (Å²) >= 11 is 5.91. The second-order valence-electron chi connectivity index (χ2n) is 4.80. The Morgan fingerprint density at radius 3 is 2.52 bits per heavy atom. The number of rotatable bonds is 2. The molecule has 1 aliphatic rings. The summed E-state index contributed by atoms with van der Waals surface area (Å²) in [6.07, 6.45) is 6.31. The highest BCUT2D eigenvalue weighted by Gasteiger charge is 2.14. The fourth-order valence-corrected chi connectivity index (χ4v) is 2.47. The van der Waals surface area contributed by atoms with E-state index in [4.69, 9.17) is 16.9 Å². The normalized spacial score (nSPS) is 14.5. The molecule has 104 valence electrons. The molecule has 3 rings (SSSR count). The van der Waals surface area contributed by atoms with Gasteiger partial charge in [0.05, 0.1) is 12.4 Å². The second-order valence-corrected chi connectivity index (χ2v) is 5.24. The van der Waals surface area contributed by atoms with Gasteiger partial charge in [-0.1, -0.05) is 29.8 Å².